The Morgan fingerprint density at radius 1 is 1.21 bits per heavy atom. The number of tetrazole rings is 1. The number of thioether (sulfide) groups is 1. The number of rotatable bonds is 6. The molecule has 0 fully saturated rings. The maximum absolute atomic E-state index is 13.2. The van der Waals surface area contributed by atoms with E-state index in [-0.39, 0.29) is 11.5 Å². The summed E-state index contributed by atoms with van der Waals surface area (Å²) in [5, 5.41) is 16.3. The lowest BCUT2D eigenvalue weighted by Gasteiger charge is -2.07. The van der Waals surface area contributed by atoms with Gasteiger partial charge < -0.3 is 4.52 Å². The van der Waals surface area contributed by atoms with Gasteiger partial charge in [-0.05, 0) is 29.5 Å². The van der Waals surface area contributed by atoms with Gasteiger partial charge in [0.25, 0.3) is 5.56 Å². The van der Waals surface area contributed by atoms with Crippen molar-refractivity contribution in [3.63, 3.8) is 0 Å². The summed E-state index contributed by atoms with van der Waals surface area (Å²) in [5.74, 6) is 1.73. The zero-order valence-corrected chi connectivity index (χ0v) is 17.3. The van der Waals surface area contributed by atoms with Crippen LogP contribution in [0.15, 0.2) is 44.8 Å². The van der Waals surface area contributed by atoms with Crippen LogP contribution in [0.3, 0.4) is 0 Å². The molecule has 10 nitrogen and oxygen atoms in total. The third kappa shape index (κ3) is 3.48. The molecular formula is C18H20N8O2S. The van der Waals surface area contributed by atoms with Crippen LogP contribution in [0.5, 0.6) is 0 Å². The van der Waals surface area contributed by atoms with Crippen LogP contribution in [0.25, 0.3) is 11.4 Å². The number of hydrogen-bond donors (Lipinski definition) is 0. The largest absolute Gasteiger partial charge is 0.339 e. The zero-order valence-electron chi connectivity index (χ0n) is 16.5. The molecule has 0 bridgehead atoms. The lowest BCUT2D eigenvalue weighted by molar-refractivity contribution is 0.362. The normalized spacial score (nSPS) is 11.5. The van der Waals surface area contributed by atoms with Crippen LogP contribution in [-0.2, 0) is 12.8 Å². The molecule has 150 valence electrons. The van der Waals surface area contributed by atoms with E-state index < -0.39 is 0 Å². The fourth-order valence-electron chi connectivity index (χ4n) is 2.90. The first kappa shape index (κ1) is 19.1. The molecule has 0 N–H and O–H groups in total. The molecular weight excluding hydrogens is 392 g/mol. The Balaban J connectivity index is 1.67. The second-order valence-corrected chi connectivity index (χ2v) is 7.72. The van der Waals surface area contributed by atoms with Gasteiger partial charge in [-0.1, -0.05) is 49.0 Å². The Labute approximate surface area is 170 Å². The molecule has 0 saturated heterocycles. The van der Waals surface area contributed by atoms with Crippen molar-refractivity contribution in [1.29, 1.82) is 0 Å². The van der Waals surface area contributed by atoms with Gasteiger partial charge in [0.05, 0.1) is 17.1 Å². The van der Waals surface area contributed by atoms with Crippen molar-refractivity contribution in [2.75, 3.05) is 0 Å². The van der Waals surface area contributed by atoms with Crippen molar-refractivity contribution in [1.82, 2.24) is 39.7 Å². The fraction of sp³-hybridized carbons (Fsp3) is 0.333. The third-order valence-electron chi connectivity index (χ3n) is 4.48. The Bertz CT molecular complexity index is 1190. The summed E-state index contributed by atoms with van der Waals surface area (Å²) in [6.45, 7) is 5.84. The minimum absolute atomic E-state index is 0.162. The molecule has 0 atom stereocenters. The second kappa shape index (κ2) is 7.66. The van der Waals surface area contributed by atoms with Crippen LogP contribution in [0, 0.1) is 6.92 Å². The predicted molar refractivity (Wildman–Crippen MR) is 106 cm³/mol. The van der Waals surface area contributed by atoms with Gasteiger partial charge in [-0.2, -0.15) is 9.67 Å². The Hall–Kier alpha value is -3.21. The van der Waals surface area contributed by atoms with Gasteiger partial charge in [0.15, 0.2) is 11.5 Å². The van der Waals surface area contributed by atoms with Crippen molar-refractivity contribution < 1.29 is 4.52 Å². The average molecular weight is 412 g/mol. The first-order chi connectivity index (χ1) is 14.0. The number of para-hydroxylation sites is 1. The maximum Gasteiger partial charge on any atom is 0.297 e. The lowest BCUT2D eigenvalue weighted by atomic mass is 10.2. The summed E-state index contributed by atoms with van der Waals surface area (Å²) in [5.41, 5.74) is 1.71. The molecule has 11 heteroatoms. The SMILES string of the molecule is Cc1c(-n2nnnc2SCc2noc(C(C)C)n2)c(=O)n(-c2ccccc2)n1C. The number of nitrogens with zero attached hydrogens (tertiary/aromatic N) is 8. The topological polar surface area (TPSA) is 109 Å². The summed E-state index contributed by atoms with van der Waals surface area (Å²) in [7, 11) is 1.83. The van der Waals surface area contributed by atoms with E-state index >= 15 is 0 Å². The predicted octanol–water partition coefficient (Wildman–Crippen LogP) is 2.26. The summed E-state index contributed by atoms with van der Waals surface area (Å²) in [4.78, 5) is 17.5. The summed E-state index contributed by atoms with van der Waals surface area (Å²) in [6.07, 6.45) is 0. The molecule has 4 rings (SSSR count). The van der Waals surface area contributed by atoms with Gasteiger partial charge in [0.1, 0.15) is 0 Å². The van der Waals surface area contributed by atoms with E-state index in [1.807, 2.05) is 58.2 Å². The summed E-state index contributed by atoms with van der Waals surface area (Å²) >= 11 is 1.34. The molecule has 0 aliphatic carbocycles. The van der Waals surface area contributed by atoms with E-state index in [0.29, 0.717) is 28.3 Å². The van der Waals surface area contributed by atoms with Crippen LogP contribution in [0.4, 0.5) is 0 Å². The molecule has 4 aromatic rings. The lowest BCUT2D eigenvalue weighted by Crippen LogP contribution is -2.22. The van der Waals surface area contributed by atoms with E-state index in [2.05, 4.69) is 25.7 Å². The van der Waals surface area contributed by atoms with Gasteiger partial charge >= 0.3 is 0 Å². The van der Waals surface area contributed by atoms with E-state index in [1.165, 1.54) is 16.4 Å². The monoisotopic (exact) mass is 412 g/mol. The quantitative estimate of drug-likeness (QED) is 0.444. The Morgan fingerprint density at radius 2 is 1.97 bits per heavy atom. The van der Waals surface area contributed by atoms with Gasteiger partial charge in [0.2, 0.25) is 11.0 Å². The number of benzene rings is 1. The van der Waals surface area contributed by atoms with Gasteiger partial charge in [0, 0.05) is 13.0 Å². The maximum atomic E-state index is 13.2. The molecule has 3 heterocycles. The molecule has 0 unspecified atom stereocenters. The molecule has 29 heavy (non-hydrogen) atoms. The number of hydrogen-bond acceptors (Lipinski definition) is 8. The average Bonchev–Trinajstić information content (AvgIpc) is 3.41. The minimum atomic E-state index is -0.202. The fourth-order valence-corrected chi connectivity index (χ4v) is 3.62. The van der Waals surface area contributed by atoms with E-state index in [0.717, 1.165) is 11.4 Å². The highest BCUT2D eigenvalue weighted by Crippen LogP contribution is 2.23. The smallest absolute Gasteiger partial charge is 0.297 e. The van der Waals surface area contributed by atoms with E-state index in [9.17, 15) is 4.79 Å². The van der Waals surface area contributed by atoms with E-state index in [4.69, 9.17) is 4.52 Å². The van der Waals surface area contributed by atoms with Crippen molar-refractivity contribution in [2.45, 2.75) is 37.6 Å². The number of aromatic nitrogens is 8. The minimum Gasteiger partial charge on any atom is -0.339 e. The molecule has 0 saturated carbocycles. The second-order valence-electron chi connectivity index (χ2n) is 6.78. The molecule has 0 amide bonds. The van der Waals surface area contributed by atoms with Crippen LogP contribution >= 0.6 is 11.8 Å². The van der Waals surface area contributed by atoms with E-state index in [1.54, 1.807) is 9.36 Å². The van der Waals surface area contributed by atoms with Crippen molar-refractivity contribution in [3.05, 3.63) is 58.1 Å². The standard InChI is InChI=1S/C18H20N8O2S/c1-11(2)16-19-14(21-28-16)10-29-18-20-22-23-25(18)15-12(3)24(4)26(17(15)27)13-8-6-5-7-9-13/h5-9,11H,10H2,1-4H3. The van der Waals surface area contributed by atoms with Gasteiger partial charge in [-0.25, -0.2) is 4.68 Å². The van der Waals surface area contributed by atoms with Crippen molar-refractivity contribution in [2.24, 2.45) is 7.05 Å². The highest BCUT2D eigenvalue weighted by molar-refractivity contribution is 7.98. The van der Waals surface area contributed by atoms with Crippen molar-refractivity contribution in [3.8, 4) is 11.4 Å². The molecule has 0 spiro atoms. The van der Waals surface area contributed by atoms with Gasteiger partial charge in [-0.3, -0.25) is 9.48 Å². The van der Waals surface area contributed by atoms with Crippen LogP contribution < -0.4 is 5.56 Å². The Morgan fingerprint density at radius 3 is 2.66 bits per heavy atom. The van der Waals surface area contributed by atoms with Crippen LogP contribution in [0.2, 0.25) is 0 Å². The molecule has 0 radical (unpaired) electrons. The van der Waals surface area contributed by atoms with Gasteiger partial charge in [-0.15, -0.1) is 5.10 Å². The molecule has 0 aliphatic heterocycles. The summed E-state index contributed by atoms with van der Waals surface area (Å²) in [6, 6.07) is 9.44. The molecule has 1 aromatic carbocycles. The summed E-state index contributed by atoms with van der Waals surface area (Å²) < 4.78 is 10.1. The Kier molecular flexibility index (Phi) is 5.05. The molecule has 3 aromatic heterocycles. The first-order valence-corrected chi connectivity index (χ1v) is 10.0. The molecule has 0 aliphatic rings. The van der Waals surface area contributed by atoms with Crippen LogP contribution in [0.1, 0.15) is 37.2 Å². The van der Waals surface area contributed by atoms with Crippen LogP contribution in [-0.4, -0.2) is 39.7 Å². The highest BCUT2D eigenvalue weighted by atomic mass is 32.2. The first-order valence-electron chi connectivity index (χ1n) is 9.05. The highest BCUT2D eigenvalue weighted by Gasteiger charge is 2.22. The van der Waals surface area contributed by atoms with Crippen molar-refractivity contribution >= 4 is 11.8 Å². The zero-order chi connectivity index (χ0) is 20.5. The third-order valence-corrected chi connectivity index (χ3v) is 5.40.